The van der Waals surface area contributed by atoms with Crippen molar-refractivity contribution in [2.24, 2.45) is 0 Å². The fourth-order valence-electron chi connectivity index (χ4n) is 2.19. The SMILES string of the molecule is O=C(NCC1CCCN1)[C@@H]1CCCN1. The van der Waals surface area contributed by atoms with Crippen LogP contribution in [0.2, 0.25) is 0 Å². The van der Waals surface area contributed by atoms with Crippen LogP contribution in [0.4, 0.5) is 0 Å². The van der Waals surface area contributed by atoms with Gasteiger partial charge < -0.3 is 16.0 Å². The zero-order valence-corrected chi connectivity index (χ0v) is 8.51. The first-order valence-electron chi connectivity index (χ1n) is 5.61. The molecule has 0 saturated carbocycles. The first kappa shape index (κ1) is 9.93. The number of nitrogens with one attached hydrogen (secondary N) is 3. The molecule has 2 heterocycles. The van der Waals surface area contributed by atoms with Gasteiger partial charge in [-0.3, -0.25) is 4.79 Å². The Bertz CT molecular complexity index is 196. The van der Waals surface area contributed by atoms with Crippen molar-refractivity contribution in [1.29, 1.82) is 0 Å². The van der Waals surface area contributed by atoms with E-state index in [1.54, 1.807) is 0 Å². The Morgan fingerprint density at radius 2 is 2.00 bits per heavy atom. The first-order valence-corrected chi connectivity index (χ1v) is 5.61. The molecule has 0 bridgehead atoms. The second-order valence-corrected chi connectivity index (χ2v) is 4.19. The van der Waals surface area contributed by atoms with Gasteiger partial charge in [-0.1, -0.05) is 0 Å². The van der Waals surface area contributed by atoms with Crippen LogP contribution in [0, 0.1) is 0 Å². The Morgan fingerprint density at radius 1 is 1.21 bits per heavy atom. The van der Waals surface area contributed by atoms with Crippen LogP contribution < -0.4 is 16.0 Å². The van der Waals surface area contributed by atoms with E-state index in [1.807, 2.05) is 0 Å². The highest BCUT2D eigenvalue weighted by Crippen LogP contribution is 2.06. The van der Waals surface area contributed by atoms with E-state index in [2.05, 4.69) is 16.0 Å². The molecule has 3 N–H and O–H groups in total. The van der Waals surface area contributed by atoms with Crippen LogP contribution in [0.3, 0.4) is 0 Å². The molecule has 0 spiro atoms. The molecule has 2 fully saturated rings. The van der Waals surface area contributed by atoms with E-state index < -0.39 is 0 Å². The third-order valence-electron chi connectivity index (χ3n) is 3.06. The summed E-state index contributed by atoms with van der Waals surface area (Å²) in [5, 5.41) is 9.57. The van der Waals surface area contributed by atoms with Gasteiger partial charge in [-0.15, -0.1) is 0 Å². The lowest BCUT2D eigenvalue weighted by Gasteiger charge is -2.14. The Labute approximate surface area is 84.8 Å². The average Bonchev–Trinajstić information content (AvgIpc) is 2.87. The van der Waals surface area contributed by atoms with Crippen molar-refractivity contribution < 1.29 is 4.79 Å². The standard InChI is InChI=1S/C10H19N3O/c14-10(9-4-2-6-12-9)13-7-8-3-1-5-11-8/h8-9,11-12H,1-7H2,(H,13,14)/t8?,9-/m0/s1. The third kappa shape index (κ3) is 2.45. The second kappa shape index (κ2) is 4.75. The predicted molar refractivity (Wildman–Crippen MR) is 55.1 cm³/mol. The topological polar surface area (TPSA) is 53.2 Å². The average molecular weight is 197 g/mol. The maximum atomic E-state index is 11.6. The second-order valence-electron chi connectivity index (χ2n) is 4.19. The van der Waals surface area contributed by atoms with Gasteiger partial charge in [-0.05, 0) is 38.8 Å². The van der Waals surface area contributed by atoms with Crippen molar-refractivity contribution in [3.8, 4) is 0 Å². The van der Waals surface area contributed by atoms with E-state index in [1.165, 1.54) is 12.8 Å². The summed E-state index contributed by atoms with van der Waals surface area (Å²) in [6.07, 6.45) is 4.55. The third-order valence-corrected chi connectivity index (χ3v) is 3.06. The van der Waals surface area contributed by atoms with Gasteiger partial charge in [0.1, 0.15) is 0 Å². The molecule has 0 aliphatic carbocycles. The number of amides is 1. The summed E-state index contributed by atoms with van der Waals surface area (Å²) in [6, 6.07) is 0.566. The van der Waals surface area contributed by atoms with Gasteiger partial charge in [-0.2, -0.15) is 0 Å². The Kier molecular flexibility index (Phi) is 3.37. The van der Waals surface area contributed by atoms with Crippen LogP contribution in [-0.2, 0) is 4.79 Å². The summed E-state index contributed by atoms with van der Waals surface area (Å²) in [5.74, 6) is 0.177. The Morgan fingerprint density at radius 3 is 2.64 bits per heavy atom. The molecular weight excluding hydrogens is 178 g/mol. The van der Waals surface area contributed by atoms with E-state index in [-0.39, 0.29) is 11.9 Å². The lowest BCUT2D eigenvalue weighted by molar-refractivity contribution is -0.122. The zero-order valence-electron chi connectivity index (χ0n) is 8.51. The van der Waals surface area contributed by atoms with Gasteiger partial charge in [-0.25, -0.2) is 0 Å². The van der Waals surface area contributed by atoms with E-state index in [9.17, 15) is 4.79 Å². The van der Waals surface area contributed by atoms with Crippen LogP contribution in [0.1, 0.15) is 25.7 Å². The van der Waals surface area contributed by atoms with Gasteiger partial charge in [0.2, 0.25) is 5.91 Å². The normalized spacial score (nSPS) is 32.0. The van der Waals surface area contributed by atoms with E-state index in [0.717, 1.165) is 32.5 Å². The summed E-state index contributed by atoms with van der Waals surface area (Å²) in [7, 11) is 0. The molecule has 2 atom stereocenters. The van der Waals surface area contributed by atoms with Crippen molar-refractivity contribution in [2.45, 2.75) is 37.8 Å². The summed E-state index contributed by atoms with van der Waals surface area (Å²) in [4.78, 5) is 11.6. The largest absolute Gasteiger partial charge is 0.353 e. The predicted octanol–water partition coefficient (Wildman–Crippen LogP) is -0.393. The molecule has 2 aliphatic heterocycles. The minimum Gasteiger partial charge on any atom is -0.353 e. The number of hydrogen-bond donors (Lipinski definition) is 3. The molecule has 4 nitrogen and oxygen atoms in total. The van der Waals surface area contributed by atoms with Crippen molar-refractivity contribution in [1.82, 2.24) is 16.0 Å². The monoisotopic (exact) mass is 197 g/mol. The number of hydrogen-bond acceptors (Lipinski definition) is 3. The van der Waals surface area contributed by atoms with Crippen LogP contribution in [0.15, 0.2) is 0 Å². The highest BCUT2D eigenvalue weighted by atomic mass is 16.2. The van der Waals surface area contributed by atoms with Gasteiger partial charge >= 0.3 is 0 Å². The maximum Gasteiger partial charge on any atom is 0.237 e. The van der Waals surface area contributed by atoms with Gasteiger partial charge in [0.05, 0.1) is 6.04 Å². The van der Waals surface area contributed by atoms with Crippen molar-refractivity contribution in [3.63, 3.8) is 0 Å². The highest BCUT2D eigenvalue weighted by molar-refractivity contribution is 5.82. The minimum atomic E-state index is 0.0661. The number of carbonyl (C=O) groups excluding carboxylic acids is 1. The van der Waals surface area contributed by atoms with Crippen LogP contribution >= 0.6 is 0 Å². The minimum absolute atomic E-state index is 0.0661. The zero-order chi connectivity index (χ0) is 9.80. The maximum absolute atomic E-state index is 11.6. The first-order chi connectivity index (χ1) is 6.86. The van der Waals surface area contributed by atoms with E-state index in [4.69, 9.17) is 0 Å². The summed E-state index contributed by atoms with van der Waals surface area (Å²) in [5.41, 5.74) is 0. The molecular formula is C10H19N3O. The lowest BCUT2D eigenvalue weighted by Crippen LogP contribution is -2.45. The Balaban J connectivity index is 1.66. The van der Waals surface area contributed by atoms with E-state index >= 15 is 0 Å². The summed E-state index contributed by atoms with van der Waals surface area (Å²) in [6.45, 7) is 2.87. The molecule has 1 unspecified atom stereocenters. The van der Waals surface area contributed by atoms with Crippen molar-refractivity contribution in [3.05, 3.63) is 0 Å². The quantitative estimate of drug-likeness (QED) is 0.577. The van der Waals surface area contributed by atoms with Crippen LogP contribution in [0.25, 0.3) is 0 Å². The molecule has 2 saturated heterocycles. The number of carbonyl (C=O) groups is 1. The van der Waals surface area contributed by atoms with Crippen molar-refractivity contribution in [2.75, 3.05) is 19.6 Å². The fourth-order valence-corrected chi connectivity index (χ4v) is 2.19. The molecule has 4 heteroatoms. The van der Waals surface area contributed by atoms with E-state index in [0.29, 0.717) is 6.04 Å². The molecule has 80 valence electrons. The summed E-state index contributed by atoms with van der Waals surface area (Å²) < 4.78 is 0. The lowest BCUT2D eigenvalue weighted by atomic mass is 10.2. The molecule has 0 aromatic rings. The molecule has 2 rings (SSSR count). The smallest absolute Gasteiger partial charge is 0.237 e. The fraction of sp³-hybridized carbons (Fsp3) is 0.900. The Hall–Kier alpha value is -0.610. The molecule has 2 aliphatic rings. The van der Waals surface area contributed by atoms with Gasteiger partial charge in [0.25, 0.3) is 0 Å². The molecule has 0 aromatic heterocycles. The van der Waals surface area contributed by atoms with Crippen LogP contribution in [-0.4, -0.2) is 37.6 Å². The van der Waals surface area contributed by atoms with Crippen molar-refractivity contribution >= 4 is 5.91 Å². The van der Waals surface area contributed by atoms with Gasteiger partial charge in [0.15, 0.2) is 0 Å². The molecule has 0 radical (unpaired) electrons. The summed E-state index contributed by atoms with van der Waals surface area (Å²) >= 11 is 0. The van der Waals surface area contributed by atoms with Gasteiger partial charge in [0, 0.05) is 12.6 Å². The molecule has 14 heavy (non-hydrogen) atoms. The van der Waals surface area contributed by atoms with Crippen LogP contribution in [0.5, 0.6) is 0 Å². The molecule has 1 amide bonds. The molecule has 0 aromatic carbocycles. The highest BCUT2D eigenvalue weighted by Gasteiger charge is 2.22. The number of rotatable bonds is 3.